The van der Waals surface area contributed by atoms with Crippen molar-refractivity contribution in [1.29, 1.82) is 0 Å². The van der Waals surface area contributed by atoms with E-state index in [1.165, 1.54) is 32.8 Å². The smallest absolute Gasteiger partial charge is 0.324 e. The average molecular weight is 240 g/mol. The van der Waals surface area contributed by atoms with E-state index in [9.17, 15) is 4.79 Å². The molecule has 0 saturated heterocycles. The number of carbonyl (C=O) groups is 1. The van der Waals surface area contributed by atoms with Crippen LogP contribution in [0.2, 0.25) is 0 Å². The van der Waals surface area contributed by atoms with Gasteiger partial charge in [0.05, 0.1) is 7.11 Å². The molecular weight excluding hydrogens is 216 g/mol. The minimum atomic E-state index is -0.183. The summed E-state index contributed by atoms with van der Waals surface area (Å²) in [7, 11) is 3.28. The van der Waals surface area contributed by atoms with Crippen molar-refractivity contribution < 1.29 is 9.53 Å². The first-order valence-electron chi connectivity index (χ1n) is 6.70. The van der Waals surface area contributed by atoms with Gasteiger partial charge >= 0.3 is 5.97 Å². The van der Waals surface area contributed by atoms with Crippen LogP contribution in [-0.2, 0) is 9.53 Å². The minimum absolute atomic E-state index is 0.149. The molecule has 2 rings (SSSR count). The van der Waals surface area contributed by atoms with Crippen LogP contribution in [0.3, 0.4) is 0 Å². The highest BCUT2D eigenvalue weighted by atomic mass is 16.5. The summed E-state index contributed by atoms with van der Waals surface area (Å²) in [5.74, 6) is 1.61. The summed E-state index contributed by atoms with van der Waals surface area (Å²) in [6, 6.07) is -0.183. The van der Waals surface area contributed by atoms with Crippen LogP contribution in [-0.4, -0.2) is 50.7 Å². The van der Waals surface area contributed by atoms with E-state index in [-0.39, 0.29) is 12.0 Å². The maximum absolute atomic E-state index is 11.6. The summed E-state index contributed by atoms with van der Waals surface area (Å²) in [5, 5.41) is 3.05. The summed E-state index contributed by atoms with van der Waals surface area (Å²) >= 11 is 0. The van der Waals surface area contributed by atoms with Crippen molar-refractivity contribution in [3.8, 4) is 0 Å². The molecule has 98 valence electrons. The molecule has 0 spiro atoms. The van der Waals surface area contributed by atoms with Gasteiger partial charge < -0.3 is 15.0 Å². The molecule has 4 nitrogen and oxygen atoms in total. The molecule has 17 heavy (non-hydrogen) atoms. The molecule has 0 heterocycles. The number of rotatable bonds is 8. The standard InChI is InChI=1S/C13H24N2O2/c1-14-12(13(16)17-2)9-15(7-10-3-4-10)8-11-5-6-11/h10-12,14H,3-9H2,1-2H3. The van der Waals surface area contributed by atoms with Crippen LogP contribution >= 0.6 is 0 Å². The number of carbonyl (C=O) groups excluding carboxylic acids is 1. The molecule has 0 radical (unpaired) electrons. The van der Waals surface area contributed by atoms with Gasteiger partial charge in [0.2, 0.25) is 0 Å². The van der Waals surface area contributed by atoms with Crippen LogP contribution in [0.15, 0.2) is 0 Å². The number of hydrogen-bond acceptors (Lipinski definition) is 4. The lowest BCUT2D eigenvalue weighted by Gasteiger charge is -2.26. The van der Waals surface area contributed by atoms with Crippen molar-refractivity contribution in [1.82, 2.24) is 10.2 Å². The van der Waals surface area contributed by atoms with E-state index in [1.54, 1.807) is 0 Å². The van der Waals surface area contributed by atoms with Crippen molar-refractivity contribution in [3.63, 3.8) is 0 Å². The highest BCUT2D eigenvalue weighted by Gasteiger charge is 2.31. The number of methoxy groups -OCH3 is 1. The summed E-state index contributed by atoms with van der Waals surface area (Å²) in [6.45, 7) is 3.10. The molecule has 2 saturated carbocycles. The van der Waals surface area contributed by atoms with Gasteiger partial charge in [0.25, 0.3) is 0 Å². The Morgan fingerprint density at radius 1 is 1.29 bits per heavy atom. The molecule has 0 aromatic carbocycles. The van der Waals surface area contributed by atoms with Gasteiger partial charge in [0, 0.05) is 19.6 Å². The molecular formula is C13H24N2O2. The van der Waals surface area contributed by atoms with Crippen molar-refractivity contribution in [3.05, 3.63) is 0 Å². The molecule has 0 aliphatic heterocycles. The molecule has 2 fully saturated rings. The molecule has 0 aromatic heterocycles. The Bertz CT molecular complexity index is 248. The third kappa shape index (κ3) is 4.28. The van der Waals surface area contributed by atoms with Crippen molar-refractivity contribution in [2.45, 2.75) is 31.7 Å². The normalized spacial score (nSPS) is 21.6. The maximum Gasteiger partial charge on any atom is 0.324 e. The lowest BCUT2D eigenvalue weighted by atomic mass is 10.2. The fourth-order valence-corrected chi connectivity index (χ4v) is 2.24. The highest BCUT2D eigenvalue weighted by Crippen LogP contribution is 2.33. The minimum Gasteiger partial charge on any atom is -0.468 e. The van der Waals surface area contributed by atoms with Gasteiger partial charge in [-0.15, -0.1) is 0 Å². The molecule has 0 amide bonds. The van der Waals surface area contributed by atoms with E-state index in [0.717, 1.165) is 31.5 Å². The number of ether oxygens (including phenoxy) is 1. The van der Waals surface area contributed by atoms with E-state index in [4.69, 9.17) is 4.74 Å². The second kappa shape index (κ2) is 5.83. The van der Waals surface area contributed by atoms with E-state index < -0.39 is 0 Å². The highest BCUT2D eigenvalue weighted by molar-refractivity contribution is 5.75. The Morgan fingerprint density at radius 2 is 1.82 bits per heavy atom. The maximum atomic E-state index is 11.6. The van der Waals surface area contributed by atoms with Crippen molar-refractivity contribution >= 4 is 5.97 Å². The van der Waals surface area contributed by atoms with Gasteiger partial charge in [0.15, 0.2) is 0 Å². The Labute approximate surface area is 104 Å². The Hall–Kier alpha value is -0.610. The van der Waals surface area contributed by atoms with Gasteiger partial charge in [-0.2, -0.15) is 0 Å². The third-order valence-electron chi connectivity index (χ3n) is 3.70. The van der Waals surface area contributed by atoms with E-state index >= 15 is 0 Å². The van der Waals surface area contributed by atoms with Gasteiger partial charge in [-0.05, 0) is 44.6 Å². The van der Waals surface area contributed by atoms with Crippen molar-refractivity contribution in [2.75, 3.05) is 33.8 Å². The fraction of sp³-hybridized carbons (Fsp3) is 0.923. The zero-order valence-electron chi connectivity index (χ0n) is 10.9. The summed E-state index contributed by atoms with van der Waals surface area (Å²) < 4.78 is 4.82. The average Bonchev–Trinajstić information content (AvgIpc) is 3.20. The first-order chi connectivity index (χ1) is 8.22. The zero-order chi connectivity index (χ0) is 12.3. The molecule has 4 heteroatoms. The molecule has 1 N–H and O–H groups in total. The number of hydrogen-bond donors (Lipinski definition) is 1. The summed E-state index contributed by atoms with van der Waals surface area (Å²) in [6.07, 6.45) is 5.46. The van der Waals surface area contributed by atoms with Crippen LogP contribution in [0.5, 0.6) is 0 Å². The number of likely N-dealkylation sites (N-methyl/N-ethyl adjacent to an activating group) is 1. The summed E-state index contributed by atoms with van der Waals surface area (Å²) in [5.41, 5.74) is 0. The third-order valence-corrected chi connectivity index (χ3v) is 3.70. The molecule has 0 bridgehead atoms. The molecule has 2 aliphatic rings. The quantitative estimate of drug-likeness (QED) is 0.639. The molecule has 0 aromatic rings. The predicted octanol–water partition coefficient (Wildman–Crippen LogP) is 0.869. The number of nitrogens with one attached hydrogen (secondary N) is 1. The lowest BCUT2D eigenvalue weighted by Crippen LogP contribution is -2.46. The first kappa shape index (κ1) is 12.8. The van der Waals surface area contributed by atoms with Gasteiger partial charge in [-0.1, -0.05) is 0 Å². The van der Waals surface area contributed by atoms with Gasteiger partial charge in [0.1, 0.15) is 6.04 Å². The topological polar surface area (TPSA) is 41.6 Å². The Kier molecular flexibility index (Phi) is 4.40. The largest absolute Gasteiger partial charge is 0.468 e. The fourth-order valence-electron chi connectivity index (χ4n) is 2.24. The van der Waals surface area contributed by atoms with Crippen LogP contribution < -0.4 is 5.32 Å². The second-order valence-electron chi connectivity index (χ2n) is 5.47. The second-order valence-corrected chi connectivity index (χ2v) is 5.47. The van der Waals surface area contributed by atoms with Crippen LogP contribution in [0.1, 0.15) is 25.7 Å². The first-order valence-corrected chi connectivity index (χ1v) is 6.70. The van der Waals surface area contributed by atoms with Crippen LogP contribution in [0, 0.1) is 11.8 Å². The van der Waals surface area contributed by atoms with Gasteiger partial charge in [-0.3, -0.25) is 4.79 Å². The summed E-state index contributed by atoms with van der Waals surface area (Å²) in [4.78, 5) is 14.0. The number of nitrogens with zero attached hydrogens (tertiary/aromatic N) is 1. The number of esters is 1. The van der Waals surface area contributed by atoms with Crippen LogP contribution in [0.4, 0.5) is 0 Å². The van der Waals surface area contributed by atoms with E-state index in [0.29, 0.717) is 0 Å². The zero-order valence-corrected chi connectivity index (χ0v) is 10.9. The van der Waals surface area contributed by atoms with Gasteiger partial charge in [-0.25, -0.2) is 0 Å². The predicted molar refractivity (Wildman–Crippen MR) is 66.8 cm³/mol. The lowest BCUT2D eigenvalue weighted by molar-refractivity contribution is -0.143. The van der Waals surface area contributed by atoms with E-state index in [1.807, 2.05) is 7.05 Å². The van der Waals surface area contributed by atoms with E-state index in [2.05, 4.69) is 10.2 Å². The van der Waals surface area contributed by atoms with Crippen LogP contribution in [0.25, 0.3) is 0 Å². The monoisotopic (exact) mass is 240 g/mol. The Balaban J connectivity index is 1.81. The molecule has 2 aliphatic carbocycles. The van der Waals surface area contributed by atoms with Crippen molar-refractivity contribution in [2.24, 2.45) is 11.8 Å². The Morgan fingerprint density at radius 3 is 2.18 bits per heavy atom. The molecule has 1 unspecified atom stereocenters. The SMILES string of the molecule is CNC(CN(CC1CC1)CC1CC1)C(=O)OC. The molecule has 1 atom stereocenters.